The van der Waals surface area contributed by atoms with Crippen LogP contribution in [-0.2, 0) is 13.6 Å². The largest absolute Gasteiger partial charge is 0.375 e. The number of rotatable bonds is 2. The number of fused-ring (bicyclic) bond motifs is 1. The molecule has 3 aromatic rings. The van der Waals surface area contributed by atoms with Crippen LogP contribution in [-0.4, -0.2) is 46.9 Å². The van der Waals surface area contributed by atoms with Gasteiger partial charge in [-0.2, -0.15) is 5.10 Å². The fourth-order valence-electron chi connectivity index (χ4n) is 2.97. The summed E-state index contributed by atoms with van der Waals surface area (Å²) < 4.78 is 3.79. The first-order valence-corrected chi connectivity index (χ1v) is 8.34. The Morgan fingerprint density at radius 1 is 1.42 bits per heavy atom. The molecule has 24 heavy (non-hydrogen) atoms. The summed E-state index contributed by atoms with van der Waals surface area (Å²) in [6.45, 7) is 3.00. The molecule has 1 amide bonds. The molecule has 9 nitrogen and oxygen atoms in total. The quantitative estimate of drug-likeness (QED) is 0.741. The van der Waals surface area contributed by atoms with Gasteiger partial charge in [-0.3, -0.25) is 9.48 Å². The van der Waals surface area contributed by atoms with Gasteiger partial charge in [0.1, 0.15) is 5.69 Å². The zero-order valence-electron chi connectivity index (χ0n) is 13.2. The maximum Gasteiger partial charge on any atom is 0.273 e. The van der Waals surface area contributed by atoms with Crippen molar-refractivity contribution in [3.05, 3.63) is 29.3 Å². The molecular weight excluding hydrogens is 328 g/mol. The Hall–Kier alpha value is -2.75. The maximum absolute atomic E-state index is 12.6. The molecule has 0 spiro atoms. The van der Waals surface area contributed by atoms with E-state index in [4.69, 9.17) is 5.73 Å². The van der Waals surface area contributed by atoms with Gasteiger partial charge in [0.25, 0.3) is 5.91 Å². The number of anilines is 1. The second-order valence-electron chi connectivity index (χ2n) is 5.82. The molecule has 124 valence electrons. The molecule has 0 fully saturated rings. The maximum atomic E-state index is 12.6. The van der Waals surface area contributed by atoms with E-state index in [1.54, 1.807) is 21.2 Å². The topological polar surface area (TPSA) is 108 Å². The molecule has 0 aromatic carbocycles. The summed E-state index contributed by atoms with van der Waals surface area (Å²) in [7, 11) is 1.86. The molecule has 2 N–H and O–H groups in total. The molecule has 0 saturated carbocycles. The summed E-state index contributed by atoms with van der Waals surface area (Å²) in [6.07, 6.45) is 3.67. The van der Waals surface area contributed by atoms with Gasteiger partial charge in [0.15, 0.2) is 16.8 Å². The highest BCUT2D eigenvalue weighted by atomic mass is 32.1. The summed E-state index contributed by atoms with van der Waals surface area (Å²) in [5.41, 5.74) is 6.91. The van der Waals surface area contributed by atoms with E-state index < -0.39 is 0 Å². The molecular formula is C14H16N8OS. The summed E-state index contributed by atoms with van der Waals surface area (Å²) in [5.74, 6) is 1.40. The number of nitrogen functional groups attached to an aromatic ring is 1. The van der Waals surface area contributed by atoms with E-state index in [-0.39, 0.29) is 11.9 Å². The number of thiazole rings is 1. The Morgan fingerprint density at radius 2 is 2.25 bits per heavy atom. The van der Waals surface area contributed by atoms with Crippen molar-refractivity contribution in [2.45, 2.75) is 19.5 Å². The number of nitrogens with zero attached hydrogens (tertiary/aromatic N) is 7. The number of hydrogen-bond acceptors (Lipinski definition) is 7. The summed E-state index contributed by atoms with van der Waals surface area (Å²) >= 11 is 1.26. The number of carbonyl (C=O) groups is 1. The molecule has 0 bridgehead atoms. The number of hydrogen-bond donors (Lipinski definition) is 1. The molecule has 4 rings (SSSR count). The molecule has 0 aliphatic carbocycles. The van der Waals surface area contributed by atoms with Crippen LogP contribution in [0, 0.1) is 0 Å². The first-order valence-electron chi connectivity index (χ1n) is 7.46. The fourth-order valence-corrected chi connectivity index (χ4v) is 3.50. The van der Waals surface area contributed by atoms with E-state index in [1.165, 1.54) is 11.3 Å². The highest BCUT2D eigenvalue weighted by Crippen LogP contribution is 2.28. The van der Waals surface area contributed by atoms with Crippen LogP contribution < -0.4 is 5.73 Å². The van der Waals surface area contributed by atoms with Gasteiger partial charge in [0.2, 0.25) is 0 Å². The minimum Gasteiger partial charge on any atom is -0.375 e. The Bertz CT molecular complexity index is 910. The third-order valence-corrected chi connectivity index (χ3v) is 4.69. The Labute approximate surface area is 141 Å². The Balaban J connectivity index is 1.64. The lowest BCUT2D eigenvalue weighted by Gasteiger charge is -2.32. The van der Waals surface area contributed by atoms with Crippen molar-refractivity contribution in [1.29, 1.82) is 0 Å². The van der Waals surface area contributed by atoms with Gasteiger partial charge >= 0.3 is 0 Å². The fraction of sp³-hybridized carbons (Fsp3) is 0.357. The number of nitrogens with two attached hydrogens (primary N) is 1. The van der Waals surface area contributed by atoms with Crippen LogP contribution in [0.25, 0.3) is 11.4 Å². The van der Waals surface area contributed by atoms with Gasteiger partial charge in [-0.1, -0.05) is 0 Å². The van der Waals surface area contributed by atoms with Gasteiger partial charge in [-0.25, -0.2) is 4.98 Å². The average molecular weight is 344 g/mol. The van der Waals surface area contributed by atoms with Crippen molar-refractivity contribution in [3.8, 4) is 11.4 Å². The van der Waals surface area contributed by atoms with Crippen LogP contribution in [0.15, 0.2) is 17.8 Å². The second kappa shape index (κ2) is 5.41. The standard InChI is InChI=1S/C14H16N8OS/c1-8-4-21(13(23)10-7-24-14(15)17-10)6-11-18-19-12(22(8)11)9-3-16-20(2)5-9/h3,5,7-8H,4,6H2,1-2H3,(H2,15,17)/t8-/m0/s1. The monoisotopic (exact) mass is 344 g/mol. The lowest BCUT2D eigenvalue weighted by Crippen LogP contribution is -2.40. The van der Waals surface area contributed by atoms with Crippen LogP contribution >= 0.6 is 11.3 Å². The van der Waals surface area contributed by atoms with Crippen LogP contribution in [0.3, 0.4) is 0 Å². The Kier molecular flexibility index (Phi) is 3.34. The molecule has 0 radical (unpaired) electrons. The van der Waals surface area contributed by atoms with Gasteiger partial charge < -0.3 is 15.2 Å². The highest BCUT2D eigenvalue weighted by molar-refractivity contribution is 7.13. The number of aryl methyl sites for hydroxylation is 1. The molecule has 4 heterocycles. The molecule has 0 saturated heterocycles. The molecule has 3 aromatic heterocycles. The Morgan fingerprint density at radius 3 is 2.92 bits per heavy atom. The van der Waals surface area contributed by atoms with Crippen LogP contribution in [0.1, 0.15) is 29.3 Å². The molecule has 1 atom stereocenters. The summed E-state index contributed by atoms with van der Waals surface area (Å²) in [6, 6.07) is 0.0545. The van der Waals surface area contributed by atoms with Crippen molar-refractivity contribution in [1.82, 2.24) is 34.4 Å². The third kappa shape index (κ3) is 2.35. The molecule has 10 heteroatoms. The highest BCUT2D eigenvalue weighted by Gasteiger charge is 2.31. The normalized spacial score (nSPS) is 17.1. The van der Waals surface area contributed by atoms with Crippen LogP contribution in [0.5, 0.6) is 0 Å². The second-order valence-corrected chi connectivity index (χ2v) is 6.71. The van der Waals surface area contributed by atoms with E-state index >= 15 is 0 Å². The average Bonchev–Trinajstić information content (AvgIpc) is 3.25. The van der Waals surface area contributed by atoms with Crippen molar-refractivity contribution < 1.29 is 4.79 Å². The number of aromatic nitrogens is 6. The number of amides is 1. The molecule has 0 unspecified atom stereocenters. The zero-order chi connectivity index (χ0) is 16.8. The van der Waals surface area contributed by atoms with Gasteiger partial charge in [0, 0.05) is 25.2 Å². The van der Waals surface area contributed by atoms with E-state index in [9.17, 15) is 4.79 Å². The zero-order valence-corrected chi connectivity index (χ0v) is 14.1. The first-order chi connectivity index (χ1) is 11.5. The minimum atomic E-state index is -0.132. The van der Waals surface area contributed by atoms with Crippen LogP contribution in [0.2, 0.25) is 0 Å². The van der Waals surface area contributed by atoms with E-state index in [0.29, 0.717) is 23.9 Å². The van der Waals surface area contributed by atoms with Gasteiger partial charge in [0.05, 0.1) is 24.3 Å². The molecule has 1 aliphatic heterocycles. The van der Waals surface area contributed by atoms with Gasteiger partial charge in [-0.05, 0) is 6.92 Å². The minimum absolute atomic E-state index is 0.0545. The summed E-state index contributed by atoms with van der Waals surface area (Å²) in [5, 5.41) is 14.8. The van der Waals surface area contributed by atoms with Crippen molar-refractivity contribution in [2.75, 3.05) is 12.3 Å². The third-order valence-electron chi connectivity index (χ3n) is 4.02. The first kappa shape index (κ1) is 14.8. The smallest absolute Gasteiger partial charge is 0.273 e. The van der Waals surface area contributed by atoms with E-state index in [2.05, 4.69) is 24.8 Å². The SMILES string of the molecule is C[C@H]1CN(C(=O)c2csc(N)n2)Cc2nnc(-c3cnn(C)c3)n21. The number of carbonyl (C=O) groups excluding carboxylic acids is 1. The lowest BCUT2D eigenvalue weighted by atomic mass is 10.2. The van der Waals surface area contributed by atoms with E-state index in [0.717, 1.165) is 17.2 Å². The van der Waals surface area contributed by atoms with Crippen molar-refractivity contribution in [3.63, 3.8) is 0 Å². The van der Waals surface area contributed by atoms with Crippen molar-refractivity contribution in [2.24, 2.45) is 7.05 Å². The predicted molar refractivity (Wildman–Crippen MR) is 88.2 cm³/mol. The molecule has 1 aliphatic rings. The summed E-state index contributed by atoms with van der Waals surface area (Å²) in [4.78, 5) is 18.4. The lowest BCUT2D eigenvalue weighted by molar-refractivity contribution is 0.0677. The van der Waals surface area contributed by atoms with Crippen LogP contribution in [0.4, 0.5) is 5.13 Å². The van der Waals surface area contributed by atoms with Crippen molar-refractivity contribution >= 4 is 22.4 Å². The van der Waals surface area contributed by atoms with E-state index in [1.807, 2.05) is 20.2 Å². The van der Waals surface area contributed by atoms with Gasteiger partial charge in [-0.15, -0.1) is 21.5 Å². The predicted octanol–water partition coefficient (Wildman–Crippen LogP) is 0.934.